The first kappa shape index (κ1) is 16.0. The van der Waals surface area contributed by atoms with E-state index in [1.165, 1.54) is 16.9 Å². The molecule has 21 heavy (non-hydrogen) atoms. The molecular formula is C16H18BrNO2S. The van der Waals surface area contributed by atoms with Gasteiger partial charge >= 0.3 is 5.97 Å². The summed E-state index contributed by atoms with van der Waals surface area (Å²) in [5.74, 6) is -0.375. The van der Waals surface area contributed by atoms with E-state index in [-0.39, 0.29) is 5.97 Å². The molecule has 0 unspecified atom stereocenters. The summed E-state index contributed by atoms with van der Waals surface area (Å²) in [6.07, 6.45) is 0. The predicted molar refractivity (Wildman–Crippen MR) is 91.8 cm³/mol. The van der Waals surface area contributed by atoms with Crippen LogP contribution in [-0.2, 0) is 4.74 Å². The number of benzene rings is 1. The fourth-order valence-electron chi connectivity index (χ4n) is 1.84. The molecule has 1 aromatic heterocycles. The van der Waals surface area contributed by atoms with Gasteiger partial charge in [-0.1, -0.05) is 28.1 Å². The molecule has 3 nitrogen and oxygen atoms in total. The van der Waals surface area contributed by atoms with Gasteiger partial charge in [-0.25, -0.2) is 4.79 Å². The zero-order valence-corrected chi connectivity index (χ0v) is 14.9. The molecule has 1 aromatic carbocycles. The molecule has 112 valence electrons. The van der Waals surface area contributed by atoms with Gasteiger partial charge in [0.15, 0.2) is 0 Å². The van der Waals surface area contributed by atoms with Gasteiger partial charge in [-0.15, -0.1) is 11.3 Å². The first-order valence-corrected chi connectivity index (χ1v) is 8.17. The normalized spacial score (nSPS) is 11.5. The second kappa shape index (κ2) is 5.81. The summed E-state index contributed by atoms with van der Waals surface area (Å²) in [6, 6.07) is 7.91. The van der Waals surface area contributed by atoms with E-state index in [0.29, 0.717) is 10.6 Å². The lowest BCUT2D eigenvalue weighted by Gasteiger charge is -2.18. The fraction of sp³-hybridized carbons (Fsp3) is 0.312. The van der Waals surface area contributed by atoms with Crippen LogP contribution < -0.4 is 5.73 Å². The highest BCUT2D eigenvalue weighted by molar-refractivity contribution is 9.10. The number of esters is 1. The van der Waals surface area contributed by atoms with Crippen molar-refractivity contribution in [2.45, 2.75) is 33.3 Å². The van der Waals surface area contributed by atoms with Crippen LogP contribution >= 0.6 is 27.3 Å². The van der Waals surface area contributed by atoms with Gasteiger partial charge in [0.2, 0.25) is 0 Å². The van der Waals surface area contributed by atoms with Gasteiger partial charge in [0.25, 0.3) is 0 Å². The number of carbonyl (C=O) groups is 1. The molecule has 0 aliphatic rings. The predicted octanol–water partition coefficient (Wildman–Crippen LogP) is 5.02. The number of anilines is 1. The van der Waals surface area contributed by atoms with Crippen LogP contribution in [0.15, 0.2) is 28.7 Å². The molecule has 2 N–H and O–H groups in total. The number of hydrogen-bond acceptors (Lipinski definition) is 4. The van der Waals surface area contributed by atoms with E-state index in [9.17, 15) is 4.79 Å². The molecule has 0 saturated carbocycles. The Morgan fingerprint density at radius 2 is 1.95 bits per heavy atom. The third kappa shape index (κ3) is 3.86. The van der Waals surface area contributed by atoms with Crippen LogP contribution in [0.5, 0.6) is 0 Å². The number of aryl methyl sites for hydroxylation is 1. The minimum atomic E-state index is -0.530. The maximum atomic E-state index is 12.2. The van der Waals surface area contributed by atoms with Crippen molar-refractivity contribution < 1.29 is 9.53 Å². The van der Waals surface area contributed by atoms with Crippen LogP contribution in [-0.4, -0.2) is 11.6 Å². The van der Waals surface area contributed by atoms with E-state index in [1.54, 1.807) is 0 Å². The Morgan fingerprint density at radius 1 is 1.29 bits per heavy atom. The molecule has 5 heteroatoms. The average molecular weight is 368 g/mol. The van der Waals surface area contributed by atoms with Crippen molar-refractivity contribution in [1.82, 2.24) is 0 Å². The van der Waals surface area contributed by atoms with Crippen molar-refractivity contribution in [3.05, 3.63) is 39.2 Å². The standard InChI is InChI=1S/C16H18BrNO2S/c1-9-5-6-10(11(17)7-9)13-8-12(18)14(21-13)15(19)20-16(2,3)4/h5-8H,18H2,1-4H3. The average Bonchev–Trinajstić information content (AvgIpc) is 2.68. The summed E-state index contributed by atoms with van der Waals surface area (Å²) >= 11 is 4.91. The Hall–Kier alpha value is -1.33. The number of halogens is 1. The molecule has 0 bridgehead atoms. The number of ether oxygens (including phenoxy) is 1. The minimum absolute atomic E-state index is 0.375. The second-order valence-electron chi connectivity index (χ2n) is 5.88. The molecule has 2 rings (SSSR count). The third-order valence-electron chi connectivity index (χ3n) is 2.74. The second-order valence-corrected chi connectivity index (χ2v) is 7.79. The molecular weight excluding hydrogens is 350 g/mol. The SMILES string of the molecule is Cc1ccc(-c2cc(N)c(C(=O)OC(C)(C)C)s2)c(Br)c1. The van der Waals surface area contributed by atoms with Crippen molar-refractivity contribution in [2.24, 2.45) is 0 Å². The molecule has 0 fully saturated rings. The number of nitrogen functional groups attached to an aromatic ring is 1. The Morgan fingerprint density at radius 3 is 2.52 bits per heavy atom. The van der Waals surface area contributed by atoms with Crippen molar-refractivity contribution in [3.8, 4) is 10.4 Å². The van der Waals surface area contributed by atoms with Gasteiger partial charge in [-0.3, -0.25) is 0 Å². The van der Waals surface area contributed by atoms with Gasteiger partial charge in [0, 0.05) is 14.9 Å². The highest BCUT2D eigenvalue weighted by atomic mass is 79.9. The van der Waals surface area contributed by atoms with E-state index < -0.39 is 5.60 Å². The molecule has 0 aliphatic heterocycles. The van der Waals surface area contributed by atoms with E-state index >= 15 is 0 Å². The quantitative estimate of drug-likeness (QED) is 0.757. The van der Waals surface area contributed by atoms with E-state index in [0.717, 1.165) is 14.9 Å². The van der Waals surface area contributed by atoms with Crippen molar-refractivity contribution in [2.75, 3.05) is 5.73 Å². The summed E-state index contributed by atoms with van der Waals surface area (Å²) in [4.78, 5) is 13.6. The molecule has 0 amide bonds. The molecule has 2 aromatic rings. The highest BCUT2D eigenvalue weighted by Crippen LogP contribution is 2.38. The van der Waals surface area contributed by atoms with Crippen LogP contribution in [0.4, 0.5) is 5.69 Å². The maximum absolute atomic E-state index is 12.2. The number of thiophene rings is 1. The highest BCUT2D eigenvalue weighted by Gasteiger charge is 2.22. The van der Waals surface area contributed by atoms with Crippen LogP contribution in [0.1, 0.15) is 36.0 Å². The summed E-state index contributed by atoms with van der Waals surface area (Å²) in [6.45, 7) is 7.55. The van der Waals surface area contributed by atoms with Gasteiger partial charge in [0.05, 0.1) is 5.69 Å². The van der Waals surface area contributed by atoms with Gasteiger partial charge < -0.3 is 10.5 Å². The zero-order valence-electron chi connectivity index (χ0n) is 12.5. The summed E-state index contributed by atoms with van der Waals surface area (Å²) in [5, 5.41) is 0. The Kier molecular flexibility index (Phi) is 4.44. The number of rotatable bonds is 2. The Bertz CT molecular complexity index is 686. The third-order valence-corrected chi connectivity index (χ3v) is 4.56. The van der Waals surface area contributed by atoms with E-state index in [4.69, 9.17) is 10.5 Å². The lowest BCUT2D eigenvalue weighted by atomic mass is 10.1. The molecule has 0 atom stereocenters. The van der Waals surface area contributed by atoms with Crippen molar-refractivity contribution in [3.63, 3.8) is 0 Å². The summed E-state index contributed by atoms with van der Waals surface area (Å²) in [7, 11) is 0. The molecule has 0 saturated heterocycles. The first-order valence-electron chi connectivity index (χ1n) is 6.56. The topological polar surface area (TPSA) is 52.3 Å². The molecule has 1 heterocycles. The van der Waals surface area contributed by atoms with Gasteiger partial charge in [-0.05, 0) is 45.4 Å². The Balaban J connectivity index is 2.37. The summed E-state index contributed by atoms with van der Waals surface area (Å²) in [5.41, 5.74) is 8.09. The van der Waals surface area contributed by atoms with Gasteiger partial charge in [-0.2, -0.15) is 0 Å². The lowest BCUT2D eigenvalue weighted by molar-refractivity contribution is 0.00764. The first-order chi connectivity index (χ1) is 9.67. The number of hydrogen-bond donors (Lipinski definition) is 1. The lowest BCUT2D eigenvalue weighted by Crippen LogP contribution is -2.23. The van der Waals surface area contributed by atoms with E-state index in [1.807, 2.05) is 52.0 Å². The minimum Gasteiger partial charge on any atom is -0.456 e. The smallest absolute Gasteiger partial charge is 0.350 e. The van der Waals surface area contributed by atoms with Crippen LogP contribution in [0.25, 0.3) is 10.4 Å². The fourth-order valence-corrected chi connectivity index (χ4v) is 3.68. The van der Waals surface area contributed by atoms with E-state index in [2.05, 4.69) is 15.9 Å². The Labute approximate surface area is 137 Å². The molecule has 0 radical (unpaired) electrons. The number of nitrogens with two attached hydrogens (primary N) is 1. The molecule has 0 aliphatic carbocycles. The van der Waals surface area contributed by atoms with Crippen molar-refractivity contribution in [1.29, 1.82) is 0 Å². The van der Waals surface area contributed by atoms with Gasteiger partial charge in [0.1, 0.15) is 10.5 Å². The number of carbonyl (C=O) groups excluding carboxylic acids is 1. The van der Waals surface area contributed by atoms with Crippen LogP contribution in [0.2, 0.25) is 0 Å². The maximum Gasteiger partial charge on any atom is 0.350 e. The van der Waals surface area contributed by atoms with Crippen LogP contribution in [0.3, 0.4) is 0 Å². The zero-order chi connectivity index (χ0) is 15.8. The molecule has 0 spiro atoms. The summed E-state index contributed by atoms with van der Waals surface area (Å²) < 4.78 is 6.37. The van der Waals surface area contributed by atoms with Crippen molar-refractivity contribution >= 4 is 38.9 Å². The largest absolute Gasteiger partial charge is 0.456 e. The van der Waals surface area contributed by atoms with Crippen LogP contribution in [0, 0.1) is 6.92 Å². The monoisotopic (exact) mass is 367 g/mol.